The van der Waals surface area contributed by atoms with Crippen molar-refractivity contribution in [1.82, 2.24) is 14.5 Å². The van der Waals surface area contributed by atoms with Crippen LogP contribution >= 0.6 is 0 Å². The molecule has 2 aromatic rings. The van der Waals surface area contributed by atoms with Crippen molar-refractivity contribution in [2.75, 3.05) is 32.8 Å². The fourth-order valence-electron chi connectivity index (χ4n) is 2.52. The van der Waals surface area contributed by atoms with Crippen molar-refractivity contribution in [3.8, 4) is 0 Å². The molecule has 1 atom stereocenters. The summed E-state index contributed by atoms with van der Waals surface area (Å²) in [5, 5.41) is 10.2. The zero-order valence-electron chi connectivity index (χ0n) is 10.9. The van der Waals surface area contributed by atoms with E-state index in [9.17, 15) is 5.11 Å². The first-order chi connectivity index (χ1) is 9.33. The second kappa shape index (κ2) is 5.69. The van der Waals surface area contributed by atoms with E-state index in [1.165, 1.54) is 0 Å². The van der Waals surface area contributed by atoms with Gasteiger partial charge in [0.25, 0.3) is 0 Å². The van der Waals surface area contributed by atoms with Crippen LogP contribution in [0.2, 0.25) is 0 Å². The molecule has 5 heteroatoms. The minimum Gasteiger partial charge on any atom is -0.390 e. The Morgan fingerprint density at radius 3 is 2.84 bits per heavy atom. The summed E-state index contributed by atoms with van der Waals surface area (Å²) >= 11 is 0. The van der Waals surface area contributed by atoms with Gasteiger partial charge in [0.2, 0.25) is 0 Å². The van der Waals surface area contributed by atoms with Crippen LogP contribution in [0, 0.1) is 0 Å². The van der Waals surface area contributed by atoms with Crippen LogP contribution < -0.4 is 0 Å². The smallest absolute Gasteiger partial charge is 0.0959 e. The Morgan fingerprint density at radius 1 is 1.21 bits per heavy atom. The third-order valence-corrected chi connectivity index (χ3v) is 3.51. The molecule has 19 heavy (non-hydrogen) atoms. The minimum absolute atomic E-state index is 0.379. The molecule has 3 rings (SSSR count). The van der Waals surface area contributed by atoms with Gasteiger partial charge in [0.05, 0.1) is 43.2 Å². The molecule has 1 aliphatic rings. The summed E-state index contributed by atoms with van der Waals surface area (Å²) in [5.41, 5.74) is 2.05. The lowest BCUT2D eigenvalue weighted by molar-refractivity contribution is 0.0117. The predicted octanol–water partition coefficient (Wildman–Crippen LogP) is 0.729. The first kappa shape index (κ1) is 12.6. The average Bonchev–Trinajstić information content (AvgIpc) is 2.83. The zero-order chi connectivity index (χ0) is 13.1. The summed E-state index contributed by atoms with van der Waals surface area (Å²) in [6.07, 6.45) is 1.42. The van der Waals surface area contributed by atoms with Crippen molar-refractivity contribution in [3.05, 3.63) is 30.6 Å². The number of aliphatic hydroxyl groups is 1. The topological polar surface area (TPSA) is 50.5 Å². The van der Waals surface area contributed by atoms with Crippen LogP contribution in [-0.2, 0) is 11.3 Å². The van der Waals surface area contributed by atoms with Gasteiger partial charge in [0.15, 0.2) is 0 Å². The van der Waals surface area contributed by atoms with Gasteiger partial charge in [0, 0.05) is 19.6 Å². The van der Waals surface area contributed by atoms with Gasteiger partial charge in [-0.05, 0) is 12.1 Å². The van der Waals surface area contributed by atoms with Crippen LogP contribution in [0.1, 0.15) is 0 Å². The molecule has 0 unspecified atom stereocenters. The van der Waals surface area contributed by atoms with Gasteiger partial charge in [-0.25, -0.2) is 4.98 Å². The number of imidazole rings is 1. The fraction of sp³-hybridized carbons (Fsp3) is 0.500. The predicted molar refractivity (Wildman–Crippen MR) is 73.0 cm³/mol. The fourth-order valence-corrected chi connectivity index (χ4v) is 2.52. The number of β-amino-alcohol motifs (C(OH)–C–C–N with tert-alkyl or cyclic N) is 1. The van der Waals surface area contributed by atoms with Gasteiger partial charge in [-0.2, -0.15) is 0 Å². The van der Waals surface area contributed by atoms with Gasteiger partial charge >= 0.3 is 0 Å². The number of aliphatic hydroxyl groups excluding tert-OH is 1. The number of para-hydroxylation sites is 2. The Kier molecular flexibility index (Phi) is 3.77. The van der Waals surface area contributed by atoms with Crippen LogP contribution in [-0.4, -0.2) is 58.5 Å². The normalized spacial score (nSPS) is 18.8. The molecule has 102 valence electrons. The van der Waals surface area contributed by atoms with Crippen molar-refractivity contribution < 1.29 is 9.84 Å². The number of ether oxygens (including phenoxy) is 1. The average molecular weight is 261 g/mol. The maximum absolute atomic E-state index is 10.2. The Morgan fingerprint density at radius 2 is 2.00 bits per heavy atom. The summed E-state index contributed by atoms with van der Waals surface area (Å²) in [6, 6.07) is 7.99. The van der Waals surface area contributed by atoms with E-state index in [-0.39, 0.29) is 6.10 Å². The standard InChI is InChI=1S/C14H19N3O2/c18-12(9-16-5-7-19-8-6-16)10-17-11-15-13-3-1-2-4-14(13)17/h1-4,11-12,18H,5-10H2/t12-/m1/s1. The molecule has 1 aromatic carbocycles. The quantitative estimate of drug-likeness (QED) is 0.881. The molecule has 0 aliphatic carbocycles. The highest BCUT2D eigenvalue weighted by atomic mass is 16.5. The molecule has 1 aliphatic heterocycles. The van der Waals surface area contributed by atoms with Gasteiger partial charge < -0.3 is 14.4 Å². The molecule has 1 fully saturated rings. The molecule has 1 aromatic heterocycles. The number of hydrogen-bond acceptors (Lipinski definition) is 4. The maximum atomic E-state index is 10.2. The maximum Gasteiger partial charge on any atom is 0.0959 e. The molecule has 2 heterocycles. The number of morpholine rings is 1. The number of aromatic nitrogens is 2. The third kappa shape index (κ3) is 2.94. The lowest BCUT2D eigenvalue weighted by Crippen LogP contribution is -2.41. The highest BCUT2D eigenvalue weighted by Crippen LogP contribution is 2.12. The molecular weight excluding hydrogens is 242 g/mol. The molecular formula is C14H19N3O2. The summed E-state index contributed by atoms with van der Waals surface area (Å²) in [6.45, 7) is 4.61. The Bertz CT molecular complexity index is 534. The van der Waals surface area contributed by atoms with Crippen molar-refractivity contribution in [2.45, 2.75) is 12.6 Å². The van der Waals surface area contributed by atoms with Crippen molar-refractivity contribution in [3.63, 3.8) is 0 Å². The largest absolute Gasteiger partial charge is 0.390 e. The van der Waals surface area contributed by atoms with Crippen LogP contribution in [0.3, 0.4) is 0 Å². The van der Waals surface area contributed by atoms with Crippen molar-refractivity contribution in [1.29, 1.82) is 0 Å². The minimum atomic E-state index is -0.379. The van der Waals surface area contributed by atoms with Crippen LogP contribution in [0.4, 0.5) is 0 Å². The number of nitrogens with zero attached hydrogens (tertiary/aromatic N) is 3. The Labute approximate surface area is 112 Å². The Balaban J connectivity index is 1.63. The highest BCUT2D eigenvalue weighted by molar-refractivity contribution is 5.74. The van der Waals surface area contributed by atoms with E-state index in [1.54, 1.807) is 6.33 Å². The van der Waals surface area contributed by atoms with E-state index in [0.29, 0.717) is 13.1 Å². The lowest BCUT2D eigenvalue weighted by Gasteiger charge is -2.28. The number of benzene rings is 1. The van der Waals surface area contributed by atoms with E-state index in [4.69, 9.17) is 4.74 Å². The summed E-state index contributed by atoms with van der Waals surface area (Å²) in [7, 11) is 0. The number of hydrogen-bond donors (Lipinski definition) is 1. The van der Waals surface area contributed by atoms with Gasteiger partial charge in [-0.1, -0.05) is 12.1 Å². The second-order valence-electron chi connectivity index (χ2n) is 4.95. The van der Waals surface area contributed by atoms with Crippen LogP contribution in [0.5, 0.6) is 0 Å². The summed E-state index contributed by atoms with van der Waals surface area (Å²) < 4.78 is 7.32. The number of rotatable bonds is 4. The molecule has 0 saturated carbocycles. The molecule has 0 bridgehead atoms. The molecule has 0 radical (unpaired) electrons. The third-order valence-electron chi connectivity index (χ3n) is 3.51. The van der Waals surface area contributed by atoms with E-state index < -0.39 is 0 Å². The molecule has 0 spiro atoms. The Hall–Kier alpha value is -1.43. The van der Waals surface area contributed by atoms with Gasteiger partial charge in [0.1, 0.15) is 0 Å². The molecule has 1 N–H and O–H groups in total. The second-order valence-corrected chi connectivity index (χ2v) is 4.95. The van der Waals surface area contributed by atoms with E-state index >= 15 is 0 Å². The highest BCUT2D eigenvalue weighted by Gasteiger charge is 2.15. The first-order valence-electron chi connectivity index (χ1n) is 6.71. The van der Waals surface area contributed by atoms with Gasteiger partial charge in [-0.15, -0.1) is 0 Å². The van der Waals surface area contributed by atoms with Crippen molar-refractivity contribution in [2.24, 2.45) is 0 Å². The van der Waals surface area contributed by atoms with Crippen molar-refractivity contribution >= 4 is 11.0 Å². The van der Waals surface area contributed by atoms with E-state index in [0.717, 1.165) is 37.3 Å². The number of fused-ring (bicyclic) bond motifs is 1. The van der Waals surface area contributed by atoms with Gasteiger partial charge in [-0.3, -0.25) is 4.90 Å². The summed E-state index contributed by atoms with van der Waals surface area (Å²) in [5.74, 6) is 0. The molecule has 5 nitrogen and oxygen atoms in total. The van der Waals surface area contributed by atoms with Crippen LogP contribution in [0.15, 0.2) is 30.6 Å². The molecule has 1 saturated heterocycles. The first-order valence-corrected chi connectivity index (χ1v) is 6.71. The van der Waals surface area contributed by atoms with E-state index in [2.05, 4.69) is 9.88 Å². The van der Waals surface area contributed by atoms with E-state index in [1.807, 2.05) is 28.8 Å². The lowest BCUT2D eigenvalue weighted by atomic mass is 10.2. The SMILES string of the molecule is O[C@H](CN1CCOCC1)Cn1cnc2ccccc21. The zero-order valence-corrected chi connectivity index (χ0v) is 10.9. The summed E-state index contributed by atoms with van der Waals surface area (Å²) in [4.78, 5) is 6.58. The molecule has 0 amide bonds. The van der Waals surface area contributed by atoms with Crippen LogP contribution in [0.25, 0.3) is 11.0 Å². The monoisotopic (exact) mass is 261 g/mol.